The molecule has 1 aromatic rings. The van der Waals surface area contributed by atoms with Crippen LogP contribution < -0.4 is 5.32 Å². The van der Waals surface area contributed by atoms with Crippen molar-refractivity contribution in [2.45, 2.75) is 26.7 Å². The first-order valence-corrected chi connectivity index (χ1v) is 7.92. The van der Waals surface area contributed by atoms with Crippen LogP contribution in [0.2, 0.25) is 0 Å². The summed E-state index contributed by atoms with van der Waals surface area (Å²) in [6, 6.07) is 5.79. The van der Waals surface area contributed by atoms with E-state index in [4.69, 9.17) is 0 Å². The molecule has 4 heteroatoms. The predicted molar refractivity (Wildman–Crippen MR) is 86.1 cm³/mol. The molecule has 1 saturated heterocycles. The highest BCUT2D eigenvalue weighted by molar-refractivity contribution is 9.10. The second kappa shape index (κ2) is 6.27. The van der Waals surface area contributed by atoms with Gasteiger partial charge in [-0.1, -0.05) is 19.1 Å². The van der Waals surface area contributed by atoms with Crippen LogP contribution in [0.5, 0.6) is 0 Å². The second-order valence-electron chi connectivity index (χ2n) is 6.23. The number of nitrogens with zero attached hydrogens (tertiary/aromatic N) is 1. The molecule has 1 aromatic carbocycles. The smallest absolute Gasteiger partial charge is 0.252 e. The minimum atomic E-state index is 0.0146. The number of hydrogen-bond donors (Lipinski definition) is 1. The molecule has 0 unspecified atom stereocenters. The summed E-state index contributed by atoms with van der Waals surface area (Å²) in [6.07, 6.45) is 2.28. The van der Waals surface area contributed by atoms with E-state index in [9.17, 15) is 4.79 Å². The highest BCUT2D eigenvalue weighted by atomic mass is 79.9. The van der Waals surface area contributed by atoms with E-state index in [1.165, 1.54) is 0 Å². The Morgan fingerprint density at radius 3 is 2.70 bits per heavy atom. The Morgan fingerprint density at radius 2 is 2.05 bits per heavy atom. The number of nitrogens with one attached hydrogen (secondary N) is 1. The minimum absolute atomic E-state index is 0.0146. The number of likely N-dealkylation sites (tertiary alicyclic amines) is 1. The molecule has 1 fully saturated rings. The second-order valence-corrected chi connectivity index (χ2v) is 7.03. The topological polar surface area (TPSA) is 32.3 Å². The third-order valence-electron chi connectivity index (χ3n) is 4.31. The van der Waals surface area contributed by atoms with Crippen molar-refractivity contribution in [2.75, 3.05) is 26.7 Å². The SMILES string of the molecule is Cc1cccc(C(=O)NCC2(C)CCN(C)CC2)c1Br. The van der Waals surface area contributed by atoms with Gasteiger partial charge in [0.05, 0.1) is 5.56 Å². The number of halogens is 1. The van der Waals surface area contributed by atoms with Crippen molar-refractivity contribution < 1.29 is 4.79 Å². The molecular formula is C16H23BrN2O. The molecule has 1 aliphatic heterocycles. The molecule has 1 aliphatic rings. The van der Waals surface area contributed by atoms with E-state index in [1.54, 1.807) is 0 Å². The van der Waals surface area contributed by atoms with Gasteiger partial charge in [0.1, 0.15) is 0 Å². The van der Waals surface area contributed by atoms with Gasteiger partial charge in [-0.2, -0.15) is 0 Å². The molecule has 0 bridgehead atoms. The number of piperidine rings is 1. The Balaban J connectivity index is 1.97. The molecule has 0 spiro atoms. The van der Waals surface area contributed by atoms with Gasteiger partial charge in [-0.3, -0.25) is 4.79 Å². The Labute approximate surface area is 129 Å². The van der Waals surface area contributed by atoms with E-state index >= 15 is 0 Å². The van der Waals surface area contributed by atoms with Gasteiger partial charge >= 0.3 is 0 Å². The summed E-state index contributed by atoms with van der Waals surface area (Å²) in [5, 5.41) is 3.10. The lowest BCUT2D eigenvalue weighted by Gasteiger charge is -2.38. The number of amides is 1. The largest absolute Gasteiger partial charge is 0.351 e. The lowest BCUT2D eigenvalue weighted by Crippen LogP contribution is -2.43. The van der Waals surface area contributed by atoms with E-state index in [0.717, 1.165) is 48.1 Å². The van der Waals surface area contributed by atoms with Crippen molar-refractivity contribution in [2.24, 2.45) is 5.41 Å². The maximum atomic E-state index is 12.3. The maximum absolute atomic E-state index is 12.3. The number of carbonyl (C=O) groups excluding carboxylic acids is 1. The molecule has 1 heterocycles. The number of hydrogen-bond acceptors (Lipinski definition) is 2. The number of carbonyl (C=O) groups is 1. The summed E-state index contributed by atoms with van der Waals surface area (Å²) in [6.45, 7) is 7.24. The summed E-state index contributed by atoms with van der Waals surface area (Å²) in [4.78, 5) is 14.7. The van der Waals surface area contributed by atoms with Gasteiger partial charge in [-0.05, 0) is 72.9 Å². The number of rotatable bonds is 3. The number of aryl methyl sites for hydroxylation is 1. The van der Waals surface area contributed by atoms with Crippen LogP contribution in [-0.2, 0) is 0 Å². The van der Waals surface area contributed by atoms with Crippen molar-refractivity contribution in [3.8, 4) is 0 Å². The Hall–Kier alpha value is -0.870. The quantitative estimate of drug-likeness (QED) is 0.917. The molecule has 2 rings (SSSR count). The molecule has 0 aromatic heterocycles. The van der Waals surface area contributed by atoms with Crippen molar-refractivity contribution in [3.63, 3.8) is 0 Å². The Morgan fingerprint density at radius 1 is 1.40 bits per heavy atom. The average Bonchev–Trinajstić information content (AvgIpc) is 2.43. The molecule has 20 heavy (non-hydrogen) atoms. The standard InChI is InChI=1S/C16H23BrN2O/c1-12-5-4-6-13(14(12)17)15(20)18-11-16(2)7-9-19(3)10-8-16/h4-6H,7-11H2,1-3H3,(H,18,20). The van der Waals surface area contributed by atoms with Gasteiger partial charge in [0.25, 0.3) is 5.91 Å². The molecule has 0 aliphatic carbocycles. The fourth-order valence-electron chi connectivity index (χ4n) is 2.55. The molecule has 3 nitrogen and oxygen atoms in total. The normalized spacial score (nSPS) is 18.8. The summed E-state index contributed by atoms with van der Waals surface area (Å²) in [5.74, 6) is 0.0146. The van der Waals surface area contributed by atoms with Crippen molar-refractivity contribution in [1.82, 2.24) is 10.2 Å². The van der Waals surface area contributed by atoms with Crippen LogP contribution in [-0.4, -0.2) is 37.5 Å². The fraction of sp³-hybridized carbons (Fsp3) is 0.562. The Bertz CT molecular complexity index is 493. The number of benzene rings is 1. The highest BCUT2D eigenvalue weighted by Crippen LogP contribution is 2.29. The van der Waals surface area contributed by atoms with Crippen molar-refractivity contribution >= 4 is 21.8 Å². The summed E-state index contributed by atoms with van der Waals surface area (Å²) in [7, 11) is 2.15. The van der Waals surface area contributed by atoms with E-state index in [-0.39, 0.29) is 11.3 Å². The first-order valence-electron chi connectivity index (χ1n) is 7.13. The monoisotopic (exact) mass is 338 g/mol. The van der Waals surface area contributed by atoms with E-state index in [0.29, 0.717) is 0 Å². The average molecular weight is 339 g/mol. The molecule has 1 amide bonds. The van der Waals surface area contributed by atoms with Crippen LogP contribution in [0.15, 0.2) is 22.7 Å². The molecule has 0 radical (unpaired) electrons. The van der Waals surface area contributed by atoms with Crippen LogP contribution in [0, 0.1) is 12.3 Å². The third-order valence-corrected chi connectivity index (χ3v) is 5.36. The first-order chi connectivity index (χ1) is 9.41. The molecule has 0 saturated carbocycles. The van der Waals surface area contributed by atoms with E-state index in [1.807, 2.05) is 25.1 Å². The van der Waals surface area contributed by atoms with Gasteiger partial charge in [0.2, 0.25) is 0 Å². The minimum Gasteiger partial charge on any atom is -0.351 e. The van der Waals surface area contributed by atoms with E-state index in [2.05, 4.69) is 40.1 Å². The summed E-state index contributed by atoms with van der Waals surface area (Å²) < 4.78 is 0.894. The maximum Gasteiger partial charge on any atom is 0.252 e. The van der Waals surface area contributed by atoms with Gasteiger partial charge < -0.3 is 10.2 Å². The van der Waals surface area contributed by atoms with Crippen molar-refractivity contribution in [3.05, 3.63) is 33.8 Å². The van der Waals surface area contributed by atoms with Crippen LogP contribution in [0.4, 0.5) is 0 Å². The van der Waals surface area contributed by atoms with E-state index < -0.39 is 0 Å². The van der Waals surface area contributed by atoms with Crippen LogP contribution in [0.25, 0.3) is 0 Å². The highest BCUT2D eigenvalue weighted by Gasteiger charge is 2.29. The summed E-state index contributed by atoms with van der Waals surface area (Å²) in [5.41, 5.74) is 2.03. The van der Waals surface area contributed by atoms with Crippen LogP contribution in [0.3, 0.4) is 0 Å². The molecule has 1 N–H and O–H groups in total. The molecule has 0 atom stereocenters. The molecule has 110 valence electrons. The van der Waals surface area contributed by atoms with Gasteiger partial charge in [-0.15, -0.1) is 0 Å². The van der Waals surface area contributed by atoms with Gasteiger partial charge in [0.15, 0.2) is 0 Å². The lowest BCUT2D eigenvalue weighted by atomic mass is 9.80. The summed E-state index contributed by atoms with van der Waals surface area (Å²) >= 11 is 3.50. The Kier molecular flexibility index (Phi) is 4.86. The van der Waals surface area contributed by atoms with Crippen LogP contribution >= 0.6 is 15.9 Å². The molecular weight excluding hydrogens is 316 g/mol. The zero-order valence-corrected chi connectivity index (χ0v) is 14.1. The van der Waals surface area contributed by atoms with Gasteiger partial charge in [0, 0.05) is 11.0 Å². The lowest BCUT2D eigenvalue weighted by molar-refractivity contribution is 0.0891. The predicted octanol–water partition coefficient (Wildman–Crippen LogP) is 3.22. The van der Waals surface area contributed by atoms with Crippen LogP contribution in [0.1, 0.15) is 35.7 Å². The first kappa shape index (κ1) is 15.5. The van der Waals surface area contributed by atoms with Crippen molar-refractivity contribution in [1.29, 1.82) is 0 Å². The zero-order chi connectivity index (χ0) is 14.8. The fourth-order valence-corrected chi connectivity index (χ4v) is 2.99. The van der Waals surface area contributed by atoms with Gasteiger partial charge in [-0.25, -0.2) is 0 Å². The zero-order valence-electron chi connectivity index (χ0n) is 12.5. The third kappa shape index (κ3) is 3.61.